The lowest BCUT2D eigenvalue weighted by Gasteiger charge is -2.19. The molecule has 1 unspecified atom stereocenters. The summed E-state index contributed by atoms with van der Waals surface area (Å²) in [7, 11) is 2.69. The molecular formula is C18H17F2NO6. The van der Waals surface area contributed by atoms with Gasteiger partial charge in [-0.2, -0.15) is 0 Å². The predicted octanol–water partition coefficient (Wildman–Crippen LogP) is 2.37. The summed E-state index contributed by atoms with van der Waals surface area (Å²) in [5.41, 5.74) is -0.380. The van der Waals surface area contributed by atoms with Crippen molar-refractivity contribution in [3.05, 3.63) is 53.1 Å². The second-order valence-electron chi connectivity index (χ2n) is 5.28. The highest BCUT2D eigenvalue weighted by Crippen LogP contribution is 2.33. The summed E-state index contributed by atoms with van der Waals surface area (Å²) < 4.78 is 42.9. The monoisotopic (exact) mass is 381 g/mol. The third-order valence-electron chi connectivity index (χ3n) is 3.65. The third-order valence-corrected chi connectivity index (χ3v) is 3.65. The largest absolute Gasteiger partial charge is 0.496 e. The van der Waals surface area contributed by atoms with Crippen LogP contribution in [0.2, 0.25) is 0 Å². The molecule has 0 bridgehead atoms. The molecule has 1 atom stereocenters. The van der Waals surface area contributed by atoms with Crippen molar-refractivity contribution in [1.82, 2.24) is 5.32 Å². The van der Waals surface area contributed by atoms with E-state index in [2.05, 4.69) is 5.32 Å². The number of methoxy groups -OCH3 is 2. The quantitative estimate of drug-likeness (QED) is 0.509. The fourth-order valence-electron chi connectivity index (χ4n) is 2.28. The van der Waals surface area contributed by atoms with Crippen molar-refractivity contribution < 1.29 is 37.7 Å². The van der Waals surface area contributed by atoms with E-state index in [1.807, 2.05) is 0 Å². The predicted molar refractivity (Wildman–Crippen MR) is 90.2 cm³/mol. The second-order valence-corrected chi connectivity index (χ2v) is 5.28. The number of carboxylic acid groups (broad SMARTS) is 1. The number of ether oxygens (including phenoxy) is 3. The van der Waals surface area contributed by atoms with E-state index < -0.39 is 30.4 Å². The molecule has 0 saturated carbocycles. The second kappa shape index (κ2) is 8.95. The van der Waals surface area contributed by atoms with Crippen molar-refractivity contribution in [1.29, 1.82) is 0 Å². The van der Waals surface area contributed by atoms with E-state index in [0.717, 1.165) is 12.1 Å². The van der Waals surface area contributed by atoms with Crippen molar-refractivity contribution >= 4 is 12.3 Å². The van der Waals surface area contributed by atoms with Crippen LogP contribution in [-0.4, -0.2) is 37.8 Å². The molecule has 9 heteroatoms. The Bertz CT molecular complexity index is 823. The number of rotatable bonds is 9. The SMILES string of the molecule is COc1cc(OC)c(C=O)c(OC(NCc2c(F)cccc2F)C(=O)O)c1. The van der Waals surface area contributed by atoms with E-state index >= 15 is 0 Å². The van der Waals surface area contributed by atoms with E-state index in [1.54, 1.807) is 0 Å². The summed E-state index contributed by atoms with van der Waals surface area (Å²) in [4.78, 5) is 22.8. The zero-order valence-electron chi connectivity index (χ0n) is 14.5. The fraction of sp³-hybridized carbons (Fsp3) is 0.222. The van der Waals surface area contributed by atoms with Crippen molar-refractivity contribution in [2.24, 2.45) is 0 Å². The zero-order chi connectivity index (χ0) is 20.0. The van der Waals surface area contributed by atoms with Crippen LogP contribution >= 0.6 is 0 Å². The summed E-state index contributed by atoms with van der Waals surface area (Å²) in [5, 5.41) is 11.7. The minimum absolute atomic E-state index is 0.0385. The molecule has 0 heterocycles. The number of nitrogens with one attached hydrogen (secondary N) is 1. The van der Waals surface area contributed by atoms with Crippen LogP contribution < -0.4 is 19.5 Å². The minimum Gasteiger partial charge on any atom is -0.496 e. The lowest BCUT2D eigenvalue weighted by Crippen LogP contribution is -2.41. The van der Waals surface area contributed by atoms with Crippen LogP contribution in [0.3, 0.4) is 0 Å². The molecule has 2 aromatic carbocycles. The Kier molecular flexibility index (Phi) is 6.67. The Morgan fingerprint density at radius 2 is 1.81 bits per heavy atom. The molecule has 0 amide bonds. The Morgan fingerprint density at radius 3 is 2.33 bits per heavy atom. The maximum absolute atomic E-state index is 13.7. The standard InChI is InChI=1S/C18H17F2NO6/c1-25-10-6-15(26-2)12(9-22)16(7-10)27-17(18(23)24)21-8-11-13(19)4-3-5-14(11)20/h3-7,9,17,21H,8H2,1-2H3,(H,23,24). The first-order chi connectivity index (χ1) is 12.9. The van der Waals surface area contributed by atoms with E-state index in [1.165, 1.54) is 32.4 Å². The first kappa shape index (κ1) is 20.1. The number of carbonyl (C=O) groups excluding carboxylic acids is 1. The van der Waals surface area contributed by atoms with E-state index in [9.17, 15) is 23.5 Å². The molecule has 0 radical (unpaired) electrons. The van der Waals surface area contributed by atoms with Gasteiger partial charge in [0, 0.05) is 24.2 Å². The molecule has 0 saturated heterocycles. The van der Waals surface area contributed by atoms with Gasteiger partial charge in [-0.15, -0.1) is 0 Å². The molecule has 2 rings (SSSR count). The molecular weight excluding hydrogens is 364 g/mol. The van der Waals surface area contributed by atoms with Crippen LogP contribution in [0.1, 0.15) is 15.9 Å². The highest BCUT2D eigenvalue weighted by Gasteiger charge is 2.23. The molecule has 7 nitrogen and oxygen atoms in total. The van der Waals surface area contributed by atoms with Gasteiger partial charge in [0.2, 0.25) is 6.23 Å². The highest BCUT2D eigenvalue weighted by molar-refractivity contribution is 5.85. The topological polar surface area (TPSA) is 94.1 Å². The van der Waals surface area contributed by atoms with Gasteiger partial charge in [0.15, 0.2) is 6.29 Å². The van der Waals surface area contributed by atoms with Gasteiger partial charge in [-0.05, 0) is 12.1 Å². The van der Waals surface area contributed by atoms with E-state index in [-0.39, 0.29) is 28.4 Å². The minimum atomic E-state index is -1.69. The number of carbonyl (C=O) groups is 2. The summed E-state index contributed by atoms with van der Waals surface area (Å²) in [6, 6.07) is 6.02. The molecule has 0 aliphatic rings. The molecule has 0 aliphatic carbocycles. The molecule has 144 valence electrons. The summed E-state index contributed by atoms with van der Waals surface area (Å²) in [6.07, 6.45) is -1.26. The van der Waals surface area contributed by atoms with Gasteiger partial charge in [0.1, 0.15) is 28.9 Å². The summed E-state index contributed by atoms with van der Waals surface area (Å²) in [5.74, 6) is -2.87. The third kappa shape index (κ3) is 4.70. The highest BCUT2D eigenvalue weighted by atomic mass is 19.1. The van der Waals surface area contributed by atoms with Gasteiger partial charge in [-0.3, -0.25) is 10.1 Å². The number of aldehydes is 1. The molecule has 2 aromatic rings. The number of hydrogen-bond acceptors (Lipinski definition) is 6. The van der Waals surface area contributed by atoms with Crippen molar-refractivity contribution in [3.63, 3.8) is 0 Å². The number of halogens is 2. The molecule has 0 aromatic heterocycles. The first-order valence-electron chi connectivity index (χ1n) is 7.68. The fourth-order valence-corrected chi connectivity index (χ4v) is 2.28. The lowest BCUT2D eigenvalue weighted by atomic mass is 10.2. The van der Waals surface area contributed by atoms with Crippen LogP contribution in [0.25, 0.3) is 0 Å². The Morgan fingerprint density at radius 1 is 1.19 bits per heavy atom. The molecule has 0 fully saturated rings. The molecule has 27 heavy (non-hydrogen) atoms. The maximum atomic E-state index is 13.7. The lowest BCUT2D eigenvalue weighted by molar-refractivity contribution is -0.146. The molecule has 0 spiro atoms. The average molecular weight is 381 g/mol. The van der Waals surface area contributed by atoms with Crippen LogP contribution in [0.4, 0.5) is 8.78 Å². The Balaban J connectivity index is 2.28. The van der Waals surface area contributed by atoms with Crippen molar-refractivity contribution in [2.45, 2.75) is 12.8 Å². The Hall–Kier alpha value is -3.20. The molecule has 0 aliphatic heterocycles. The van der Waals surface area contributed by atoms with Gasteiger partial charge < -0.3 is 19.3 Å². The van der Waals surface area contributed by atoms with Gasteiger partial charge in [-0.25, -0.2) is 13.6 Å². The van der Waals surface area contributed by atoms with Crippen LogP contribution in [0.5, 0.6) is 17.2 Å². The first-order valence-corrected chi connectivity index (χ1v) is 7.68. The van der Waals surface area contributed by atoms with Gasteiger partial charge >= 0.3 is 5.97 Å². The van der Waals surface area contributed by atoms with Crippen LogP contribution in [0.15, 0.2) is 30.3 Å². The average Bonchev–Trinajstić information content (AvgIpc) is 2.65. The Labute approximate surface area is 153 Å². The maximum Gasteiger partial charge on any atom is 0.360 e. The van der Waals surface area contributed by atoms with Crippen molar-refractivity contribution in [2.75, 3.05) is 14.2 Å². The normalized spacial score (nSPS) is 11.6. The number of aliphatic carboxylic acids is 1. The molecule has 2 N–H and O–H groups in total. The summed E-state index contributed by atoms with van der Waals surface area (Å²) >= 11 is 0. The van der Waals surface area contributed by atoms with Gasteiger partial charge in [-0.1, -0.05) is 6.07 Å². The zero-order valence-corrected chi connectivity index (χ0v) is 14.5. The van der Waals surface area contributed by atoms with Crippen LogP contribution in [0, 0.1) is 11.6 Å². The van der Waals surface area contributed by atoms with E-state index in [0.29, 0.717) is 6.29 Å². The number of carboxylic acids is 1. The van der Waals surface area contributed by atoms with E-state index in [4.69, 9.17) is 14.2 Å². The van der Waals surface area contributed by atoms with Crippen LogP contribution in [-0.2, 0) is 11.3 Å². The van der Waals surface area contributed by atoms with Gasteiger partial charge in [0.05, 0.1) is 19.8 Å². The summed E-state index contributed by atoms with van der Waals surface area (Å²) in [6.45, 7) is -0.451. The number of hydrogen-bond donors (Lipinski definition) is 2. The number of benzene rings is 2. The van der Waals surface area contributed by atoms with Gasteiger partial charge in [0.25, 0.3) is 0 Å². The van der Waals surface area contributed by atoms with Crippen molar-refractivity contribution in [3.8, 4) is 17.2 Å². The smallest absolute Gasteiger partial charge is 0.360 e.